The SMILES string of the molecule is O=[N+]([O-])c1cn2c(n1)O[C@@H](CCOc1ccc(-c3ccc(F)cc3)cc1)CC2. The number of hydrogen-bond donors (Lipinski definition) is 0. The highest BCUT2D eigenvalue weighted by Crippen LogP contribution is 2.26. The summed E-state index contributed by atoms with van der Waals surface area (Å²) in [7, 11) is 0. The van der Waals surface area contributed by atoms with Gasteiger partial charge in [-0.2, -0.15) is 0 Å². The Balaban J connectivity index is 1.29. The number of nitrogens with zero attached hydrogens (tertiary/aromatic N) is 3. The average molecular weight is 383 g/mol. The van der Waals surface area contributed by atoms with Gasteiger partial charge in [-0.25, -0.2) is 4.39 Å². The van der Waals surface area contributed by atoms with E-state index in [1.54, 1.807) is 16.7 Å². The van der Waals surface area contributed by atoms with Crippen molar-refractivity contribution >= 4 is 5.82 Å². The molecule has 0 unspecified atom stereocenters. The van der Waals surface area contributed by atoms with E-state index in [0.29, 0.717) is 19.6 Å². The van der Waals surface area contributed by atoms with E-state index in [1.807, 2.05) is 24.3 Å². The Morgan fingerprint density at radius 3 is 2.54 bits per heavy atom. The van der Waals surface area contributed by atoms with Gasteiger partial charge in [-0.1, -0.05) is 24.3 Å². The second kappa shape index (κ2) is 7.67. The molecule has 1 aliphatic rings. The van der Waals surface area contributed by atoms with Crippen LogP contribution in [0.4, 0.5) is 10.2 Å². The van der Waals surface area contributed by atoms with Gasteiger partial charge in [-0.3, -0.25) is 4.57 Å². The van der Waals surface area contributed by atoms with Gasteiger partial charge >= 0.3 is 11.8 Å². The maximum atomic E-state index is 13.0. The van der Waals surface area contributed by atoms with E-state index in [0.717, 1.165) is 23.3 Å². The van der Waals surface area contributed by atoms with Crippen LogP contribution in [0.15, 0.2) is 54.7 Å². The lowest BCUT2D eigenvalue weighted by Crippen LogP contribution is -2.27. The van der Waals surface area contributed by atoms with Crippen LogP contribution < -0.4 is 9.47 Å². The first-order valence-corrected chi connectivity index (χ1v) is 8.95. The normalized spacial score (nSPS) is 15.5. The molecular weight excluding hydrogens is 365 g/mol. The average Bonchev–Trinajstić information content (AvgIpc) is 3.13. The zero-order valence-corrected chi connectivity index (χ0v) is 15.0. The third-order valence-electron chi connectivity index (χ3n) is 4.62. The van der Waals surface area contributed by atoms with Crippen molar-refractivity contribution in [3.8, 4) is 22.9 Å². The largest absolute Gasteiger partial charge is 0.493 e. The number of rotatable bonds is 6. The molecule has 0 fully saturated rings. The van der Waals surface area contributed by atoms with Gasteiger partial charge in [-0.15, -0.1) is 0 Å². The van der Waals surface area contributed by atoms with Crippen LogP contribution in [0.1, 0.15) is 12.8 Å². The van der Waals surface area contributed by atoms with Gasteiger partial charge in [0.2, 0.25) is 0 Å². The van der Waals surface area contributed by atoms with Crippen LogP contribution in [0.3, 0.4) is 0 Å². The molecule has 0 bridgehead atoms. The molecule has 1 atom stereocenters. The molecule has 0 spiro atoms. The van der Waals surface area contributed by atoms with Crippen molar-refractivity contribution in [1.82, 2.24) is 9.55 Å². The van der Waals surface area contributed by atoms with Gasteiger partial charge < -0.3 is 19.6 Å². The predicted molar refractivity (Wildman–Crippen MR) is 99.9 cm³/mol. The number of aryl methyl sites for hydroxylation is 1. The number of nitro groups is 1. The lowest BCUT2D eigenvalue weighted by atomic mass is 10.1. The van der Waals surface area contributed by atoms with Crippen LogP contribution in [0.2, 0.25) is 0 Å². The number of imidazole rings is 1. The van der Waals surface area contributed by atoms with Crippen LogP contribution in [0.5, 0.6) is 11.8 Å². The van der Waals surface area contributed by atoms with Crippen LogP contribution in [-0.4, -0.2) is 27.2 Å². The second-order valence-corrected chi connectivity index (χ2v) is 6.53. The van der Waals surface area contributed by atoms with Crippen molar-refractivity contribution in [2.24, 2.45) is 0 Å². The Hall–Kier alpha value is -3.42. The number of hydrogen-bond acceptors (Lipinski definition) is 5. The molecule has 0 radical (unpaired) electrons. The van der Waals surface area contributed by atoms with E-state index in [-0.39, 0.29) is 23.7 Å². The van der Waals surface area contributed by atoms with Crippen LogP contribution in [0.25, 0.3) is 11.1 Å². The Bertz CT molecular complexity index is 970. The molecule has 1 aliphatic heterocycles. The van der Waals surface area contributed by atoms with E-state index < -0.39 is 4.92 Å². The standard InChI is InChI=1S/C20H18FN3O4/c21-16-5-1-14(2-6-16)15-3-7-17(8-4-15)27-12-10-18-9-11-23-13-19(24(25)26)22-20(23)28-18/h1-8,13,18H,9-12H2/t18-/m1/s1. The number of aromatic nitrogens is 2. The summed E-state index contributed by atoms with van der Waals surface area (Å²) in [6.07, 6.45) is 2.70. The van der Waals surface area contributed by atoms with Gasteiger partial charge in [0.1, 0.15) is 23.9 Å². The molecule has 7 nitrogen and oxygen atoms in total. The molecular formula is C20H18FN3O4. The fraction of sp³-hybridized carbons (Fsp3) is 0.250. The van der Waals surface area contributed by atoms with Gasteiger partial charge in [0.25, 0.3) is 0 Å². The highest BCUT2D eigenvalue weighted by atomic mass is 19.1. The van der Waals surface area contributed by atoms with Crippen molar-refractivity contribution in [3.63, 3.8) is 0 Å². The highest BCUT2D eigenvalue weighted by Gasteiger charge is 2.27. The quantitative estimate of drug-likeness (QED) is 0.470. The van der Waals surface area contributed by atoms with Crippen LogP contribution in [-0.2, 0) is 6.54 Å². The summed E-state index contributed by atoms with van der Waals surface area (Å²) in [6.45, 7) is 1.09. The summed E-state index contributed by atoms with van der Waals surface area (Å²) < 4.78 is 26.2. The van der Waals surface area contributed by atoms with Gasteiger partial charge in [0, 0.05) is 24.4 Å². The van der Waals surface area contributed by atoms with Gasteiger partial charge in [-0.05, 0) is 40.3 Å². The van der Waals surface area contributed by atoms with Crippen molar-refractivity contribution < 1.29 is 18.8 Å². The molecule has 8 heteroatoms. The smallest absolute Gasteiger partial charge is 0.414 e. The minimum atomic E-state index is -0.525. The Morgan fingerprint density at radius 1 is 1.18 bits per heavy atom. The molecule has 28 heavy (non-hydrogen) atoms. The monoisotopic (exact) mass is 383 g/mol. The predicted octanol–water partition coefficient (Wildman–Crippen LogP) is 4.22. The number of benzene rings is 2. The molecule has 0 N–H and O–H groups in total. The zero-order valence-electron chi connectivity index (χ0n) is 15.0. The molecule has 144 valence electrons. The summed E-state index contributed by atoms with van der Waals surface area (Å²) in [5, 5.41) is 10.8. The van der Waals surface area contributed by atoms with E-state index in [9.17, 15) is 14.5 Å². The summed E-state index contributed by atoms with van der Waals surface area (Å²) in [5.41, 5.74) is 1.92. The fourth-order valence-corrected chi connectivity index (χ4v) is 3.12. The summed E-state index contributed by atoms with van der Waals surface area (Å²) >= 11 is 0. The third kappa shape index (κ3) is 3.95. The topological polar surface area (TPSA) is 79.4 Å². The van der Waals surface area contributed by atoms with E-state index in [2.05, 4.69) is 4.98 Å². The van der Waals surface area contributed by atoms with Crippen molar-refractivity contribution in [2.75, 3.05) is 6.61 Å². The molecule has 0 amide bonds. The molecule has 1 aromatic heterocycles. The Kier molecular flexibility index (Phi) is 4.92. The zero-order chi connectivity index (χ0) is 19.5. The first-order valence-electron chi connectivity index (χ1n) is 8.95. The fourth-order valence-electron chi connectivity index (χ4n) is 3.12. The van der Waals surface area contributed by atoms with Crippen LogP contribution in [0, 0.1) is 15.9 Å². The molecule has 4 rings (SSSR count). The summed E-state index contributed by atoms with van der Waals surface area (Å²) in [4.78, 5) is 14.2. The molecule has 2 aromatic carbocycles. The lowest BCUT2D eigenvalue weighted by Gasteiger charge is -2.22. The molecule has 0 saturated heterocycles. The molecule has 2 heterocycles. The molecule has 0 saturated carbocycles. The number of ether oxygens (including phenoxy) is 2. The maximum Gasteiger partial charge on any atom is 0.414 e. The Labute approximate surface area is 160 Å². The van der Waals surface area contributed by atoms with Crippen LogP contribution >= 0.6 is 0 Å². The molecule has 0 aliphatic carbocycles. The number of halogens is 1. The lowest BCUT2D eigenvalue weighted by molar-refractivity contribution is -0.389. The van der Waals surface area contributed by atoms with Crippen molar-refractivity contribution in [2.45, 2.75) is 25.5 Å². The van der Waals surface area contributed by atoms with Crippen molar-refractivity contribution in [3.05, 3.63) is 70.7 Å². The second-order valence-electron chi connectivity index (χ2n) is 6.53. The number of fused-ring (bicyclic) bond motifs is 1. The van der Waals surface area contributed by atoms with E-state index in [1.165, 1.54) is 18.3 Å². The first kappa shape index (κ1) is 18.0. The summed E-state index contributed by atoms with van der Waals surface area (Å²) in [5.74, 6) is 0.276. The first-order chi connectivity index (χ1) is 13.6. The maximum absolute atomic E-state index is 13.0. The third-order valence-corrected chi connectivity index (χ3v) is 4.62. The highest BCUT2D eigenvalue weighted by molar-refractivity contribution is 5.63. The van der Waals surface area contributed by atoms with Gasteiger partial charge in [0.15, 0.2) is 0 Å². The Morgan fingerprint density at radius 2 is 1.86 bits per heavy atom. The van der Waals surface area contributed by atoms with E-state index >= 15 is 0 Å². The summed E-state index contributed by atoms with van der Waals surface area (Å²) in [6, 6.07) is 14.2. The minimum absolute atomic E-state index is 0.0898. The van der Waals surface area contributed by atoms with Gasteiger partial charge in [0.05, 0.1) is 6.61 Å². The van der Waals surface area contributed by atoms with E-state index in [4.69, 9.17) is 9.47 Å². The van der Waals surface area contributed by atoms with Crippen molar-refractivity contribution in [1.29, 1.82) is 0 Å². The molecule has 3 aromatic rings. The minimum Gasteiger partial charge on any atom is -0.493 e.